The number of nitrogens with zero attached hydrogens (tertiary/aromatic N) is 3. The van der Waals surface area contributed by atoms with E-state index < -0.39 is 0 Å². The van der Waals surface area contributed by atoms with Gasteiger partial charge in [-0.25, -0.2) is 0 Å². The van der Waals surface area contributed by atoms with E-state index in [9.17, 15) is 4.79 Å². The number of carbonyl (C=O) groups is 1. The molecule has 3 rings (SSSR count). The van der Waals surface area contributed by atoms with Gasteiger partial charge in [-0.1, -0.05) is 25.4 Å². The molecule has 1 aromatic heterocycles. The van der Waals surface area contributed by atoms with E-state index >= 15 is 0 Å². The van der Waals surface area contributed by atoms with Crippen LogP contribution in [0.3, 0.4) is 0 Å². The summed E-state index contributed by atoms with van der Waals surface area (Å²) >= 11 is 6.03. The summed E-state index contributed by atoms with van der Waals surface area (Å²) in [5.74, 6) is 1.54. The molecule has 136 valence electrons. The predicted molar refractivity (Wildman–Crippen MR) is 102 cm³/mol. The highest BCUT2D eigenvalue weighted by atomic mass is 35.5. The molecule has 1 N–H and O–H groups in total. The molecule has 0 bridgehead atoms. The van der Waals surface area contributed by atoms with Crippen LogP contribution < -0.4 is 5.32 Å². The number of carbonyl (C=O) groups excluding carboxylic acids is 1. The average molecular weight is 363 g/mol. The van der Waals surface area contributed by atoms with Gasteiger partial charge in [0.15, 0.2) is 0 Å². The van der Waals surface area contributed by atoms with Crippen LogP contribution in [0.2, 0.25) is 5.02 Å². The largest absolute Gasteiger partial charge is 0.354 e. The van der Waals surface area contributed by atoms with Crippen LogP contribution in [-0.2, 0) is 11.3 Å². The first kappa shape index (κ1) is 18.2. The molecule has 1 amide bonds. The van der Waals surface area contributed by atoms with E-state index in [0.29, 0.717) is 11.6 Å². The van der Waals surface area contributed by atoms with E-state index in [0.717, 1.165) is 35.7 Å². The maximum absolute atomic E-state index is 12.2. The van der Waals surface area contributed by atoms with Crippen molar-refractivity contribution in [3.8, 4) is 0 Å². The Morgan fingerprint density at radius 2 is 2.08 bits per heavy atom. The molecule has 0 saturated carbocycles. The van der Waals surface area contributed by atoms with E-state index in [-0.39, 0.29) is 12.5 Å². The van der Waals surface area contributed by atoms with Crippen molar-refractivity contribution < 1.29 is 4.79 Å². The molecule has 2 heterocycles. The lowest BCUT2D eigenvalue weighted by Gasteiger charge is -2.34. The smallest absolute Gasteiger partial charge is 0.241 e. The van der Waals surface area contributed by atoms with Gasteiger partial charge in [0, 0.05) is 30.0 Å². The van der Waals surface area contributed by atoms with Crippen molar-refractivity contribution in [2.75, 3.05) is 26.2 Å². The summed E-state index contributed by atoms with van der Waals surface area (Å²) < 4.78 is 1.70. The van der Waals surface area contributed by atoms with E-state index in [4.69, 9.17) is 11.6 Å². The van der Waals surface area contributed by atoms with Crippen molar-refractivity contribution in [3.05, 3.63) is 29.4 Å². The number of benzene rings is 1. The molecular weight excluding hydrogens is 336 g/mol. The number of fused-ring (bicyclic) bond motifs is 1. The Morgan fingerprint density at radius 1 is 1.32 bits per heavy atom. The highest BCUT2D eigenvalue weighted by Gasteiger charge is 2.21. The van der Waals surface area contributed by atoms with Crippen molar-refractivity contribution in [3.63, 3.8) is 0 Å². The summed E-state index contributed by atoms with van der Waals surface area (Å²) in [6, 6.07) is 5.59. The van der Waals surface area contributed by atoms with Gasteiger partial charge in [-0.2, -0.15) is 5.10 Å². The van der Waals surface area contributed by atoms with Crippen LogP contribution in [0.4, 0.5) is 0 Å². The molecule has 25 heavy (non-hydrogen) atoms. The number of hydrogen-bond donors (Lipinski definition) is 1. The minimum absolute atomic E-state index is 0.00893. The Hall–Kier alpha value is -1.59. The van der Waals surface area contributed by atoms with Crippen LogP contribution in [0.1, 0.15) is 26.7 Å². The minimum atomic E-state index is -0.00893. The summed E-state index contributed by atoms with van der Waals surface area (Å²) in [7, 11) is 0. The fourth-order valence-electron chi connectivity index (χ4n) is 3.87. The Labute approximate surface area is 154 Å². The quantitative estimate of drug-likeness (QED) is 0.803. The normalized spacial score (nSPS) is 21.6. The summed E-state index contributed by atoms with van der Waals surface area (Å²) in [4.78, 5) is 14.7. The van der Waals surface area contributed by atoms with Gasteiger partial charge in [0.25, 0.3) is 0 Å². The summed E-state index contributed by atoms with van der Waals surface area (Å²) in [5.41, 5.74) is 0.888. The van der Waals surface area contributed by atoms with Crippen LogP contribution >= 0.6 is 11.6 Å². The van der Waals surface area contributed by atoms with Crippen LogP contribution in [0.15, 0.2) is 24.4 Å². The molecule has 2 atom stereocenters. The number of nitrogens with one attached hydrogen (secondary N) is 1. The van der Waals surface area contributed by atoms with E-state index in [1.807, 2.05) is 18.2 Å². The van der Waals surface area contributed by atoms with Gasteiger partial charge >= 0.3 is 0 Å². The Kier molecular flexibility index (Phi) is 5.97. The second kappa shape index (κ2) is 8.19. The number of rotatable bonds is 6. The third-order valence-electron chi connectivity index (χ3n) is 4.82. The molecule has 1 fully saturated rings. The number of likely N-dealkylation sites (tertiary alicyclic amines) is 1. The zero-order valence-corrected chi connectivity index (χ0v) is 15.8. The highest BCUT2D eigenvalue weighted by molar-refractivity contribution is 6.31. The lowest BCUT2D eigenvalue weighted by Crippen LogP contribution is -2.40. The second-order valence-electron chi connectivity index (χ2n) is 7.41. The summed E-state index contributed by atoms with van der Waals surface area (Å²) in [5, 5.41) is 8.93. The topological polar surface area (TPSA) is 50.2 Å². The summed E-state index contributed by atoms with van der Waals surface area (Å²) in [6.45, 7) is 8.99. The number of hydrogen-bond acceptors (Lipinski definition) is 3. The molecule has 1 aliphatic rings. The Morgan fingerprint density at radius 3 is 2.84 bits per heavy atom. The Balaban J connectivity index is 1.43. The van der Waals surface area contributed by atoms with Crippen molar-refractivity contribution in [1.29, 1.82) is 0 Å². The van der Waals surface area contributed by atoms with E-state index in [2.05, 4.69) is 29.2 Å². The molecule has 0 aliphatic carbocycles. The van der Waals surface area contributed by atoms with Gasteiger partial charge in [0.05, 0.1) is 11.7 Å². The molecule has 0 spiro atoms. The van der Waals surface area contributed by atoms with Gasteiger partial charge in [0.2, 0.25) is 5.91 Å². The number of piperidine rings is 1. The zero-order valence-electron chi connectivity index (χ0n) is 15.0. The molecule has 1 aliphatic heterocycles. The van der Waals surface area contributed by atoms with E-state index in [1.165, 1.54) is 19.5 Å². The molecular formula is C19H27ClN4O. The lowest BCUT2D eigenvalue weighted by atomic mass is 9.92. The fraction of sp³-hybridized carbons (Fsp3) is 0.579. The zero-order chi connectivity index (χ0) is 17.8. The first-order valence-electron chi connectivity index (χ1n) is 9.11. The van der Waals surface area contributed by atoms with Crippen molar-refractivity contribution in [2.24, 2.45) is 11.8 Å². The Bertz CT molecular complexity index is 719. The first-order chi connectivity index (χ1) is 12.0. The van der Waals surface area contributed by atoms with Crippen LogP contribution in [0.5, 0.6) is 0 Å². The molecule has 1 aromatic carbocycles. The second-order valence-corrected chi connectivity index (χ2v) is 7.85. The first-order valence-corrected chi connectivity index (χ1v) is 9.49. The van der Waals surface area contributed by atoms with Crippen LogP contribution in [0.25, 0.3) is 10.9 Å². The average Bonchev–Trinajstić information content (AvgIpc) is 2.93. The highest BCUT2D eigenvalue weighted by Crippen LogP contribution is 2.21. The molecule has 6 heteroatoms. The number of aromatic nitrogens is 2. The fourth-order valence-corrected chi connectivity index (χ4v) is 4.03. The molecule has 0 unspecified atom stereocenters. The van der Waals surface area contributed by atoms with Gasteiger partial charge in [0.1, 0.15) is 6.54 Å². The van der Waals surface area contributed by atoms with Crippen molar-refractivity contribution >= 4 is 28.4 Å². The van der Waals surface area contributed by atoms with E-state index in [1.54, 1.807) is 10.9 Å². The van der Waals surface area contributed by atoms with Crippen LogP contribution in [0, 0.1) is 11.8 Å². The third kappa shape index (κ3) is 4.95. The monoisotopic (exact) mass is 362 g/mol. The third-order valence-corrected chi connectivity index (χ3v) is 5.05. The SMILES string of the molecule is C[C@@H]1C[C@H](C)CN(CCCNC(=O)Cn2ncc3ccc(Cl)cc32)C1. The molecule has 1 saturated heterocycles. The minimum Gasteiger partial charge on any atom is -0.354 e. The summed E-state index contributed by atoms with van der Waals surface area (Å²) in [6.07, 6.45) is 4.07. The number of amides is 1. The van der Waals surface area contributed by atoms with Crippen molar-refractivity contribution in [2.45, 2.75) is 33.2 Å². The maximum Gasteiger partial charge on any atom is 0.241 e. The lowest BCUT2D eigenvalue weighted by molar-refractivity contribution is -0.121. The standard InChI is InChI=1S/C19H27ClN4O/c1-14-8-15(2)12-23(11-14)7-3-6-21-19(25)13-24-18-9-17(20)5-4-16(18)10-22-24/h4-5,9-10,14-15H,3,6-8,11-13H2,1-2H3,(H,21,25)/t14-,15+. The molecule has 5 nitrogen and oxygen atoms in total. The van der Waals surface area contributed by atoms with Crippen LogP contribution in [-0.4, -0.2) is 46.8 Å². The van der Waals surface area contributed by atoms with Gasteiger partial charge < -0.3 is 10.2 Å². The predicted octanol–water partition coefficient (Wildman–Crippen LogP) is 3.17. The van der Waals surface area contributed by atoms with Gasteiger partial charge in [-0.05, 0) is 49.4 Å². The van der Waals surface area contributed by atoms with Gasteiger partial charge in [-0.15, -0.1) is 0 Å². The maximum atomic E-state index is 12.2. The van der Waals surface area contributed by atoms with Crippen molar-refractivity contribution in [1.82, 2.24) is 20.0 Å². The molecule has 0 radical (unpaired) electrons. The number of halogens is 1. The molecule has 2 aromatic rings. The van der Waals surface area contributed by atoms with Gasteiger partial charge in [-0.3, -0.25) is 9.48 Å².